The monoisotopic (exact) mass is 444 g/mol. The van der Waals surface area contributed by atoms with Gasteiger partial charge in [-0.2, -0.15) is 0 Å². The van der Waals surface area contributed by atoms with Gasteiger partial charge in [0.05, 0.1) is 0 Å². The van der Waals surface area contributed by atoms with Gasteiger partial charge in [-0.15, -0.1) is 0 Å². The molecule has 0 heterocycles. The van der Waals surface area contributed by atoms with Crippen LogP contribution in [-0.4, -0.2) is 64.7 Å². The molecule has 24 valence electrons. The number of hydrogen-bond donors (Lipinski definition) is 0. The van der Waals surface area contributed by atoms with E-state index in [1.54, 1.807) is 0 Å². The van der Waals surface area contributed by atoms with Crippen molar-refractivity contribution < 1.29 is 0 Å². The molecule has 0 aromatic rings. The molecule has 0 aliphatic heterocycles. The molecule has 0 spiro atoms. The molecule has 4 heavy (non-hydrogen) atoms. The van der Waals surface area contributed by atoms with Crippen molar-refractivity contribution in [3.8, 4) is 0 Å². The summed E-state index contributed by atoms with van der Waals surface area (Å²) >= 11 is 0.889. The molecule has 4 radical (unpaired) electrons. The maximum absolute atomic E-state index is 4.22. The molecule has 0 atom stereocenters. The van der Waals surface area contributed by atoms with Crippen LogP contribution < -0.4 is 0 Å². The first-order valence-corrected chi connectivity index (χ1v) is 5.37. The van der Waals surface area contributed by atoms with Gasteiger partial charge in [0.15, 0.2) is 0 Å². The summed E-state index contributed by atoms with van der Waals surface area (Å²) in [5.41, 5.74) is 0. The van der Waals surface area contributed by atoms with Gasteiger partial charge in [0.1, 0.15) is 0 Å². The van der Waals surface area contributed by atoms with E-state index in [1.165, 1.54) is 0 Å². The molecular weight excluding hydrogens is 437 g/mol. The second-order valence-corrected chi connectivity index (χ2v) is 0. The van der Waals surface area contributed by atoms with Crippen LogP contribution in [0.1, 0.15) is 0 Å². The van der Waals surface area contributed by atoms with Crippen molar-refractivity contribution in [1.82, 2.24) is 0 Å². The normalized spacial score (nSPS) is 1.00. The third kappa shape index (κ3) is 8.82. The Morgan fingerprint density at radius 2 is 1.25 bits per heavy atom. The zero-order chi connectivity index (χ0) is 2.00. The first-order valence-electron chi connectivity index (χ1n) is 0.204. The molecule has 0 aliphatic rings. The molecular formula is H4PbSSeSn. The van der Waals surface area contributed by atoms with Crippen LogP contribution in [0.15, 0.2) is 0 Å². The third-order valence-electron chi connectivity index (χ3n) is 0. The van der Waals surface area contributed by atoms with Gasteiger partial charge in [0.25, 0.3) is 0 Å². The summed E-state index contributed by atoms with van der Waals surface area (Å²) in [6.07, 6.45) is 0. The van der Waals surface area contributed by atoms with Crippen molar-refractivity contribution in [3.05, 3.63) is 0 Å². The van der Waals surface area contributed by atoms with E-state index >= 15 is 0 Å². The molecule has 0 N–H and O–H groups in total. The summed E-state index contributed by atoms with van der Waals surface area (Å²) in [5, 5.41) is 0. The van der Waals surface area contributed by atoms with Crippen molar-refractivity contribution in [1.29, 1.82) is 0 Å². The predicted octanol–water partition coefficient (Wildman–Crippen LogP) is -1.57. The number of rotatable bonds is 0. The van der Waals surface area contributed by atoms with Gasteiger partial charge >= 0.3 is 73.3 Å². The Balaban J connectivity index is -0.00000000500. The van der Waals surface area contributed by atoms with Crippen LogP contribution >= 0.6 is 8.65 Å². The minimum atomic E-state index is 0. The van der Waals surface area contributed by atoms with E-state index in [0.29, 0.717) is 0 Å². The molecule has 0 nitrogen and oxygen atoms in total. The minimum absolute atomic E-state index is 0. The third-order valence-corrected chi connectivity index (χ3v) is 0. The van der Waals surface area contributed by atoms with Crippen LogP contribution in [0.4, 0.5) is 0 Å². The van der Waals surface area contributed by atoms with E-state index < -0.39 is 0 Å². The zero-order valence-corrected chi connectivity index (χ0v) is 13.0. The second kappa shape index (κ2) is 17.9. The Morgan fingerprint density at radius 1 is 1.25 bits per heavy atom. The Kier molecular flexibility index (Phi) is 72.2. The first-order chi connectivity index (χ1) is 1.00. The summed E-state index contributed by atoms with van der Waals surface area (Å²) < 4.78 is 0. The summed E-state index contributed by atoms with van der Waals surface area (Å²) in [6.45, 7) is 0. The van der Waals surface area contributed by atoms with Crippen LogP contribution in [0.5, 0.6) is 0 Å². The quantitative estimate of drug-likeness (QED) is 0.410. The van der Waals surface area contributed by atoms with E-state index in [-0.39, 0.29) is 41.0 Å². The molecule has 0 saturated heterocycles. The molecule has 0 fully saturated rings. The topological polar surface area (TPSA) is 0 Å². The van der Waals surface area contributed by atoms with Crippen LogP contribution in [-0.2, 0) is 0 Å². The molecule has 0 rings (SSSR count). The molecule has 0 aromatic heterocycles. The molecule has 0 bridgehead atoms. The van der Waals surface area contributed by atoms with E-state index in [9.17, 15) is 0 Å². The summed E-state index contributed by atoms with van der Waals surface area (Å²) in [4.78, 5) is 0. The van der Waals surface area contributed by atoms with Crippen LogP contribution in [0.25, 0.3) is 0 Å². The molecule has 0 unspecified atom stereocenters. The van der Waals surface area contributed by atoms with Crippen molar-refractivity contribution in [2.45, 2.75) is 0 Å². The van der Waals surface area contributed by atoms with Gasteiger partial charge in [0.2, 0.25) is 0 Å². The fourth-order valence-electron chi connectivity index (χ4n) is 0. The molecule has 0 saturated carbocycles. The van der Waals surface area contributed by atoms with E-state index in [2.05, 4.69) is 8.65 Å². The first kappa shape index (κ1) is 16.1. The summed E-state index contributed by atoms with van der Waals surface area (Å²) in [7, 11) is 4.22. The molecule has 4 heteroatoms. The molecule has 0 amide bonds. The maximum atomic E-state index is 4.22. The fourth-order valence-corrected chi connectivity index (χ4v) is 0. The van der Waals surface area contributed by atoms with Gasteiger partial charge in [-0.3, -0.25) is 0 Å². The molecule has 0 aromatic carbocycles. The van der Waals surface area contributed by atoms with Crippen molar-refractivity contribution >= 4 is 73.3 Å². The Bertz CT molecular complexity index is 8.00. The SMILES string of the molecule is [S]=[Pb].[SeH2].[SnH2]. The Labute approximate surface area is 72.1 Å². The van der Waals surface area contributed by atoms with Gasteiger partial charge in [-0.05, 0) is 0 Å². The van der Waals surface area contributed by atoms with Crippen molar-refractivity contribution in [2.24, 2.45) is 0 Å². The summed E-state index contributed by atoms with van der Waals surface area (Å²) in [5.74, 6) is 0. The van der Waals surface area contributed by atoms with Crippen molar-refractivity contribution in [3.63, 3.8) is 0 Å². The second-order valence-electron chi connectivity index (χ2n) is 0. The van der Waals surface area contributed by atoms with Crippen molar-refractivity contribution in [2.75, 3.05) is 0 Å². The fraction of sp³-hybridized carbons (Fsp3) is 0. The van der Waals surface area contributed by atoms with Gasteiger partial charge in [-0.1, -0.05) is 0 Å². The summed E-state index contributed by atoms with van der Waals surface area (Å²) in [6, 6.07) is 0. The van der Waals surface area contributed by atoms with Gasteiger partial charge in [-0.25, -0.2) is 0 Å². The van der Waals surface area contributed by atoms with Gasteiger partial charge in [0, 0.05) is 0 Å². The van der Waals surface area contributed by atoms with Crippen LogP contribution in [0.3, 0.4) is 0 Å². The van der Waals surface area contributed by atoms with Crippen LogP contribution in [0, 0.1) is 0 Å². The Hall–Kier alpha value is 2.46. The number of hydrogen-bond acceptors (Lipinski definition) is 1. The van der Waals surface area contributed by atoms with E-state index in [4.69, 9.17) is 0 Å². The average Bonchev–Trinajstić information content (AvgIpc) is 1.00. The van der Waals surface area contributed by atoms with E-state index in [1.807, 2.05) is 0 Å². The standard InChI is InChI=1S/Pb.S.H2Se.Sn.2H/h;;1H2;;;. The van der Waals surface area contributed by atoms with Gasteiger partial charge < -0.3 is 0 Å². The molecule has 0 aliphatic carbocycles. The predicted molar refractivity (Wildman–Crippen MR) is 30.4 cm³/mol. The Morgan fingerprint density at radius 3 is 1.25 bits per heavy atom. The average molecular weight is 441 g/mol. The van der Waals surface area contributed by atoms with E-state index in [0.717, 1.165) is 23.7 Å². The van der Waals surface area contributed by atoms with Crippen LogP contribution in [0.2, 0.25) is 0 Å². The zero-order valence-electron chi connectivity index (χ0n) is 2.12.